The fourth-order valence-electron chi connectivity index (χ4n) is 10.8. The zero-order valence-corrected chi connectivity index (χ0v) is 33.4. The van der Waals surface area contributed by atoms with E-state index in [1.807, 2.05) is 0 Å². The first kappa shape index (κ1) is 34.6. The number of ether oxygens (including phenoxy) is 2. The second-order valence-corrected chi connectivity index (χ2v) is 19.2. The summed E-state index contributed by atoms with van der Waals surface area (Å²) in [6.07, 6.45) is 23.2. The van der Waals surface area contributed by atoms with Crippen LogP contribution in [0.15, 0.2) is 108 Å². The maximum atomic E-state index is 13.4. The van der Waals surface area contributed by atoms with Gasteiger partial charge < -0.3 is 9.47 Å². The van der Waals surface area contributed by atoms with Gasteiger partial charge in [-0.2, -0.15) is 0 Å². The first-order chi connectivity index (χ1) is 28.3. The van der Waals surface area contributed by atoms with Crippen molar-refractivity contribution in [2.45, 2.75) is 75.4 Å². The average molecular weight is 799 g/mol. The third-order valence-corrected chi connectivity index (χ3v) is 15.9. The minimum Gasteiger partial charge on any atom is -0.482 e. The highest BCUT2D eigenvalue weighted by Gasteiger charge is 2.49. The van der Waals surface area contributed by atoms with Gasteiger partial charge in [0.1, 0.15) is 22.7 Å². The molecule has 2 saturated carbocycles. The monoisotopic (exact) mass is 798 g/mol. The van der Waals surface area contributed by atoms with Crippen molar-refractivity contribution in [1.82, 2.24) is 0 Å². The highest BCUT2D eigenvalue weighted by molar-refractivity contribution is 7.14. The smallest absolute Gasteiger partial charge is 0.197 e. The van der Waals surface area contributed by atoms with Gasteiger partial charge in [-0.05, 0) is 87.8 Å². The third kappa shape index (κ3) is 4.94. The van der Waals surface area contributed by atoms with Crippen molar-refractivity contribution >= 4 is 69.1 Å². The molecule has 2 aliphatic heterocycles. The largest absolute Gasteiger partial charge is 0.482 e. The topological polar surface area (TPSA) is 86.7 Å². The number of benzene rings is 2. The number of ketones is 4. The van der Waals surface area contributed by atoms with Gasteiger partial charge >= 0.3 is 0 Å². The highest BCUT2D eigenvalue weighted by Crippen LogP contribution is 2.59. The number of thiophene rings is 2. The lowest BCUT2D eigenvalue weighted by Crippen LogP contribution is -2.37. The number of Topliss-reactive ketones (excluding diaryl/α,β-unsaturated/α-hetero) is 4. The van der Waals surface area contributed by atoms with Crippen molar-refractivity contribution in [3.63, 3.8) is 0 Å². The number of hydrogen-bond donors (Lipinski definition) is 0. The lowest BCUT2D eigenvalue weighted by Gasteiger charge is -2.46. The van der Waals surface area contributed by atoms with Gasteiger partial charge in [0.05, 0.1) is 11.1 Å². The molecule has 0 saturated heterocycles. The summed E-state index contributed by atoms with van der Waals surface area (Å²) in [6, 6.07) is 18.5. The van der Waals surface area contributed by atoms with E-state index < -0.39 is 11.2 Å². The lowest BCUT2D eigenvalue weighted by molar-refractivity contribution is -0.0339. The van der Waals surface area contributed by atoms with Gasteiger partial charge in [-0.25, -0.2) is 0 Å². The molecule has 2 unspecified atom stereocenters. The Morgan fingerprint density at radius 3 is 1.22 bits per heavy atom. The van der Waals surface area contributed by atoms with Crippen LogP contribution in [0.5, 0.6) is 0 Å². The summed E-state index contributed by atoms with van der Waals surface area (Å²) in [6.45, 7) is 0. The molecule has 0 N–H and O–H groups in total. The maximum absolute atomic E-state index is 13.4. The minimum absolute atomic E-state index is 0.0433. The minimum atomic E-state index is -0.453. The molecular weight excluding hydrogens is 761 g/mol. The molecule has 0 amide bonds. The SMILES string of the molecule is O=C1C(=Cc2cc3c(s2)C2=CC4C=C5OC6(CCCCC6)c6cc(C=C7C(=O)c8ccccc8C7=O)sc6C5=CC4C=C2OC32CCCCC2)C(=O)c2ccccc21. The van der Waals surface area contributed by atoms with Crippen LogP contribution in [0.3, 0.4) is 0 Å². The molecule has 2 aromatic carbocycles. The zero-order chi connectivity index (χ0) is 38.9. The van der Waals surface area contributed by atoms with Crippen molar-refractivity contribution in [3.8, 4) is 0 Å². The Bertz CT molecular complexity index is 2520. The van der Waals surface area contributed by atoms with E-state index in [-0.39, 0.29) is 46.1 Å². The molecule has 6 nitrogen and oxygen atoms in total. The molecule has 286 valence electrons. The standard InChI is InChI=1S/C50H38O6S2/c51-43-31-11-3-4-12-32(31)44(52)37(43)23-29-25-39-47(57-29)35-19-28-22-42-36(20-27(28)21-41(35)55-49(39)15-7-1-8-16-49)48-40(50(56-42)17-9-2-10-18-50)26-30(58-48)24-38-45(53)33-13-5-6-14-34(33)46(38)54/h3-6,11-14,19-28H,1-2,7-10,15-18H2. The Balaban J connectivity index is 0.943. The van der Waals surface area contributed by atoms with Crippen LogP contribution in [0.1, 0.15) is 136 Å². The van der Waals surface area contributed by atoms with Crippen molar-refractivity contribution in [2.75, 3.05) is 0 Å². The van der Waals surface area contributed by atoms with E-state index in [0.717, 1.165) is 93.5 Å². The predicted octanol–water partition coefficient (Wildman–Crippen LogP) is 11.6. The van der Waals surface area contributed by atoms with Crippen molar-refractivity contribution < 1.29 is 28.7 Å². The van der Waals surface area contributed by atoms with Crippen LogP contribution in [0.2, 0.25) is 0 Å². The van der Waals surface area contributed by atoms with E-state index in [1.54, 1.807) is 83.4 Å². The van der Waals surface area contributed by atoms with Crippen molar-refractivity contribution in [1.29, 1.82) is 0 Å². The van der Waals surface area contributed by atoms with Gasteiger partial charge in [-0.15, -0.1) is 22.7 Å². The Labute approximate surface area is 344 Å². The average Bonchev–Trinajstić information content (AvgIpc) is 4.00. The maximum Gasteiger partial charge on any atom is 0.197 e. The van der Waals surface area contributed by atoms with Gasteiger partial charge in [-0.3, -0.25) is 19.2 Å². The number of allylic oxidation sites excluding steroid dienone is 8. The Morgan fingerprint density at radius 1 is 0.500 bits per heavy atom. The quantitative estimate of drug-likeness (QED) is 0.148. The molecule has 2 fully saturated rings. The van der Waals surface area contributed by atoms with Gasteiger partial charge in [0.25, 0.3) is 0 Å². The summed E-state index contributed by atoms with van der Waals surface area (Å²) < 4.78 is 14.4. The van der Waals surface area contributed by atoms with Crippen LogP contribution in [-0.2, 0) is 20.7 Å². The number of carbonyl (C=O) groups excluding carboxylic acids is 4. The van der Waals surface area contributed by atoms with Gasteiger partial charge in [-0.1, -0.05) is 73.5 Å². The first-order valence-corrected chi connectivity index (χ1v) is 22.3. The lowest BCUT2D eigenvalue weighted by atomic mass is 9.72. The van der Waals surface area contributed by atoms with E-state index in [2.05, 4.69) is 36.4 Å². The van der Waals surface area contributed by atoms with E-state index in [1.165, 1.54) is 24.0 Å². The van der Waals surface area contributed by atoms with E-state index in [9.17, 15) is 19.2 Å². The Morgan fingerprint density at radius 2 is 0.862 bits per heavy atom. The molecule has 0 radical (unpaired) electrons. The molecule has 12 rings (SSSR count). The predicted molar refractivity (Wildman–Crippen MR) is 226 cm³/mol. The molecule has 2 aromatic heterocycles. The molecule has 2 spiro atoms. The summed E-state index contributed by atoms with van der Waals surface area (Å²) >= 11 is 3.30. The fraction of sp³-hybridized carbons (Fsp3) is 0.280. The first-order valence-electron chi connectivity index (χ1n) is 20.6. The Hall–Kier alpha value is -5.44. The summed E-state index contributed by atoms with van der Waals surface area (Å²) in [5.41, 5.74) is 5.94. The molecular formula is C50H38O6S2. The van der Waals surface area contributed by atoms with Crippen LogP contribution in [0.4, 0.5) is 0 Å². The normalized spacial score (nSPS) is 24.2. The molecule has 8 heteroatoms. The van der Waals surface area contributed by atoms with E-state index in [4.69, 9.17) is 9.47 Å². The molecule has 0 bridgehead atoms. The van der Waals surface area contributed by atoms with E-state index in [0.29, 0.717) is 22.3 Å². The van der Waals surface area contributed by atoms with Gasteiger partial charge in [0.2, 0.25) is 0 Å². The third-order valence-electron chi connectivity index (χ3n) is 13.7. The van der Waals surface area contributed by atoms with Crippen molar-refractivity contribution in [2.24, 2.45) is 11.8 Å². The second-order valence-electron chi connectivity index (χ2n) is 17.0. The molecule has 58 heavy (non-hydrogen) atoms. The number of fused-ring (bicyclic) bond motifs is 11. The molecule has 4 aromatic rings. The molecule has 6 aliphatic carbocycles. The van der Waals surface area contributed by atoms with Gasteiger partial charge in [0, 0.05) is 75.9 Å². The molecule has 4 heterocycles. The van der Waals surface area contributed by atoms with Crippen LogP contribution in [0, 0.1) is 11.8 Å². The van der Waals surface area contributed by atoms with Crippen LogP contribution in [-0.4, -0.2) is 23.1 Å². The Kier molecular flexibility index (Phi) is 7.47. The van der Waals surface area contributed by atoms with E-state index >= 15 is 0 Å². The summed E-state index contributed by atoms with van der Waals surface area (Å²) in [7, 11) is 0. The second kappa shape index (κ2) is 12.5. The number of hydrogen-bond acceptors (Lipinski definition) is 8. The zero-order valence-electron chi connectivity index (χ0n) is 31.7. The molecule has 2 atom stereocenters. The number of rotatable bonds is 2. The van der Waals surface area contributed by atoms with Crippen LogP contribution in [0.25, 0.3) is 23.3 Å². The summed E-state index contributed by atoms with van der Waals surface area (Å²) in [4.78, 5) is 57.7. The van der Waals surface area contributed by atoms with Crippen molar-refractivity contribution in [3.05, 3.63) is 161 Å². The number of carbonyl (C=O) groups is 4. The van der Waals surface area contributed by atoms with Crippen LogP contribution >= 0.6 is 22.7 Å². The highest BCUT2D eigenvalue weighted by atomic mass is 32.1. The van der Waals surface area contributed by atoms with Gasteiger partial charge in [0.15, 0.2) is 23.1 Å². The fourth-order valence-corrected chi connectivity index (χ4v) is 13.3. The van der Waals surface area contributed by atoms with Crippen LogP contribution < -0.4 is 0 Å². The summed E-state index contributed by atoms with van der Waals surface area (Å²) in [5, 5.41) is 0. The summed E-state index contributed by atoms with van der Waals surface area (Å²) in [5.74, 6) is 1.06. The molecule has 8 aliphatic rings.